The number of likely N-dealkylation sites (N-methyl/N-ethyl adjacent to an activating group) is 1. The number of carbonyl (C=O) groups is 2. The highest BCUT2D eigenvalue weighted by Crippen LogP contribution is 2.20. The molecule has 7 heteroatoms. The van der Waals surface area contributed by atoms with Gasteiger partial charge in [-0.3, -0.25) is 9.59 Å². The van der Waals surface area contributed by atoms with Crippen molar-refractivity contribution in [3.8, 4) is 0 Å². The van der Waals surface area contributed by atoms with Gasteiger partial charge in [-0.2, -0.15) is 0 Å². The Morgan fingerprint density at radius 1 is 1.12 bits per heavy atom. The van der Waals surface area contributed by atoms with Gasteiger partial charge >= 0.3 is 0 Å². The Balaban J connectivity index is 1.90. The number of benzene rings is 2. The van der Waals surface area contributed by atoms with Crippen LogP contribution >= 0.6 is 23.2 Å². The van der Waals surface area contributed by atoms with Crippen molar-refractivity contribution in [2.24, 2.45) is 5.73 Å². The Kier molecular flexibility index (Phi) is 6.20. The molecule has 2 aromatic carbocycles. The minimum Gasteiger partial charge on any atom is -0.366 e. The van der Waals surface area contributed by atoms with Crippen molar-refractivity contribution in [3.63, 3.8) is 0 Å². The molecular formula is C17H18Cl2N3O2+. The summed E-state index contributed by atoms with van der Waals surface area (Å²) in [6.45, 7) is 0.876. The molecule has 0 saturated heterocycles. The Labute approximate surface area is 150 Å². The number of rotatable bonds is 6. The van der Waals surface area contributed by atoms with Gasteiger partial charge in [0.25, 0.3) is 5.91 Å². The maximum absolute atomic E-state index is 12.1. The molecular weight excluding hydrogens is 349 g/mol. The van der Waals surface area contributed by atoms with E-state index in [1.165, 1.54) is 0 Å². The fourth-order valence-electron chi connectivity index (χ4n) is 2.25. The first-order valence-electron chi connectivity index (χ1n) is 7.30. The van der Waals surface area contributed by atoms with Crippen molar-refractivity contribution >= 4 is 40.7 Å². The Morgan fingerprint density at radius 2 is 1.79 bits per heavy atom. The van der Waals surface area contributed by atoms with Gasteiger partial charge in [-0.05, 0) is 36.4 Å². The first-order valence-corrected chi connectivity index (χ1v) is 8.05. The molecule has 24 heavy (non-hydrogen) atoms. The predicted octanol–water partition coefficient (Wildman–Crippen LogP) is 1.75. The summed E-state index contributed by atoms with van der Waals surface area (Å²) in [4.78, 5) is 24.1. The van der Waals surface area contributed by atoms with E-state index in [1.807, 2.05) is 13.1 Å². The van der Waals surface area contributed by atoms with Gasteiger partial charge in [0.15, 0.2) is 6.54 Å². The molecule has 0 aliphatic heterocycles. The van der Waals surface area contributed by atoms with Crippen LogP contribution in [-0.2, 0) is 11.3 Å². The van der Waals surface area contributed by atoms with Crippen LogP contribution in [-0.4, -0.2) is 25.4 Å². The molecule has 2 rings (SSSR count). The minimum atomic E-state index is -0.503. The van der Waals surface area contributed by atoms with Crippen molar-refractivity contribution in [3.05, 3.63) is 63.6 Å². The van der Waals surface area contributed by atoms with Crippen LogP contribution in [0.5, 0.6) is 0 Å². The lowest BCUT2D eigenvalue weighted by molar-refractivity contribution is -0.885. The standard InChI is InChI=1S/C17H17Cl2N3O2/c1-22(9-12-2-5-13(18)8-15(12)19)10-16(23)21-14-6-3-11(4-7-14)17(20)24/h2-8H,9-10H2,1H3,(H2,20,24)(H,21,23)/p+1. The van der Waals surface area contributed by atoms with Crippen molar-refractivity contribution in [2.75, 3.05) is 18.9 Å². The van der Waals surface area contributed by atoms with Crippen LogP contribution in [0.1, 0.15) is 15.9 Å². The first kappa shape index (κ1) is 18.3. The third-order valence-corrected chi connectivity index (χ3v) is 4.01. The molecule has 1 atom stereocenters. The van der Waals surface area contributed by atoms with E-state index in [0.717, 1.165) is 10.5 Å². The van der Waals surface area contributed by atoms with Crippen LogP contribution in [0.4, 0.5) is 5.69 Å². The highest BCUT2D eigenvalue weighted by molar-refractivity contribution is 6.35. The van der Waals surface area contributed by atoms with Crippen molar-refractivity contribution in [2.45, 2.75) is 6.54 Å². The lowest BCUT2D eigenvalue weighted by atomic mass is 10.2. The van der Waals surface area contributed by atoms with Crippen LogP contribution in [0.15, 0.2) is 42.5 Å². The van der Waals surface area contributed by atoms with Crippen LogP contribution in [0, 0.1) is 0 Å². The summed E-state index contributed by atoms with van der Waals surface area (Å²) in [5.41, 5.74) is 7.11. The zero-order chi connectivity index (χ0) is 17.7. The molecule has 2 amide bonds. The topological polar surface area (TPSA) is 76.6 Å². The van der Waals surface area contributed by atoms with Gasteiger partial charge < -0.3 is 16.0 Å². The number of hydrogen-bond donors (Lipinski definition) is 3. The summed E-state index contributed by atoms with van der Waals surface area (Å²) in [5.74, 6) is -0.638. The molecule has 0 aliphatic rings. The number of nitrogens with two attached hydrogens (primary N) is 1. The fourth-order valence-corrected chi connectivity index (χ4v) is 2.73. The van der Waals surface area contributed by atoms with E-state index in [-0.39, 0.29) is 12.5 Å². The third kappa shape index (κ3) is 5.23. The second-order valence-corrected chi connectivity index (χ2v) is 6.38. The third-order valence-electron chi connectivity index (χ3n) is 3.42. The van der Waals surface area contributed by atoms with E-state index in [2.05, 4.69) is 5.32 Å². The van der Waals surface area contributed by atoms with Crippen LogP contribution in [0.25, 0.3) is 0 Å². The molecule has 0 radical (unpaired) electrons. The summed E-state index contributed by atoms with van der Waals surface area (Å²) < 4.78 is 0. The molecule has 0 saturated carbocycles. The van der Waals surface area contributed by atoms with Crippen molar-refractivity contribution in [1.29, 1.82) is 0 Å². The molecule has 4 N–H and O–H groups in total. The summed E-state index contributed by atoms with van der Waals surface area (Å²) in [6.07, 6.45) is 0. The van der Waals surface area contributed by atoms with Crippen LogP contribution < -0.4 is 16.0 Å². The summed E-state index contributed by atoms with van der Waals surface area (Å²) in [6, 6.07) is 11.7. The molecule has 0 heterocycles. The molecule has 0 aromatic heterocycles. The van der Waals surface area contributed by atoms with Gasteiger partial charge in [-0.25, -0.2) is 0 Å². The Bertz CT molecular complexity index is 748. The van der Waals surface area contributed by atoms with E-state index in [9.17, 15) is 9.59 Å². The maximum atomic E-state index is 12.1. The number of carbonyl (C=O) groups excluding carboxylic acids is 2. The lowest BCUT2D eigenvalue weighted by Gasteiger charge is -2.15. The summed E-state index contributed by atoms with van der Waals surface area (Å²) in [5, 5.41) is 3.95. The zero-order valence-corrected chi connectivity index (χ0v) is 14.6. The highest BCUT2D eigenvalue weighted by Gasteiger charge is 2.13. The molecule has 126 valence electrons. The predicted molar refractivity (Wildman–Crippen MR) is 95.5 cm³/mol. The number of halogens is 2. The van der Waals surface area contributed by atoms with Crippen LogP contribution in [0.3, 0.4) is 0 Å². The van der Waals surface area contributed by atoms with Gasteiger partial charge in [0.2, 0.25) is 5.91 Å². The Hall–Kier alpha value is -2.08. The maximum Gasteiger partial charge on any atom is 0.279 e. The van der Waals surface area contributed by atoms with Gasteiger partial charge in [0, 0.05) is 21.8 Å². The Morgan fingerprint density at radius 3 is 2.38 bits per heavy atom. The summed E-state index contributed by atoms with van der Waals surface area (Å²) in [7, 11) is 1.90. The smallest absolute Gasteiger partial charge is 0.279 e. The SMILES string of the molecule is C[NH+](CC(=O)Nc1ccc(C(N)=O)cc1)Cc1ccc(Cl)cc1Cl. The quantitative estimate of drug-likeness (QED) is 0.728. The monoisotopic (exact) mass is 366 g/mol. The number of quaternary nitrogens is 1. The van der Waals surface area contributed by atoms with Gasteiger partial charge in [-0.1, -0.05) is 29.3 Å². The molecule has 1 unspecified atom stereocenters. The summed E-state index contributed by atoms with van der Waals surface area (Å²) >= 11 is 12.0. The van der Waals surface area contributed by atoms with E-state index >= 15 is 0 Å². The zero-order valence-electron chi connectivity index (χ0n) is 13.1. The fraction of sp³-hybridized carbons (Fsp3) is 0.176. The van der Waals surface area contributed by atoms with Gasteiger partial charge in [0.1, 0.15) is 6.54 Å². The van der Waals surface area contributed by atoms with E-state index in [1.54, 1.807) is 36.4 Å². The average Bonchev–Trinajstić information content (AvgIpc) is 2.50. The van der Waals surface area contributed by atoms with E-state index in [4.69, 9.17) is 28.9 Å². The van der Waals surface area contributed by atoms with Gasteiger partial charge in [-0.15, -0.1) is 0 Å². The second-order valence-electron chi connectivity index (χ2n) is 5.54. The average molecular weight is 367 g/mol. The number of hydrogen-bond acceptors (Lipinski definition) is 2. The number of nitrogens with one attached hydrogen (secondary N) is 2. The molecule has 0 spiro atoms. The number of primary amides is 1. The highest BCUT2D eigenvalue weighted by atomic mass is 35.5. The minimum absolute atomic E-state index is 0.135. The number of amides is 2. The van der Waals surface area contributed by atoms with Crippen molar-refractivity contribution < 1.29 is 14.5 Å². The molecule has 0 fully saturated rings. The lowest BCUT2D eigenvalue weighted by Crippen LogP contribution is -3.08. The molecule has 0 aliphatic carbocycles. The normalized spacial score (nSPS) is 11.8. The molecule has 0 bridgehead atoms. The molecule has 5 nitrogen and oxygen atoms in total. The van der Waals surface area contributed by atoms with E-state index < -0.39 is 5.91 Å². The van der Waals surface area contributed by atoms with Crippen LogP contribution in [0.2, 0.25) is 10.0 Å². The number of anilines is 1. The molecule has 2 aromatic rings. The largest absolute Gasteiger partial charge is 0.366 e. The first-order chi connectivity index (χ1) is 11.3. The van der Waals surface area contributed by atoms with Gasteiger partial charge in [0.05, 0.1) is 12.1 Å². The van der Waals surface area contributed by atoms with E-state index in [0.29, 0.717) is 27.8 Å². The second kappa shape index (κ2) is 8.15. The van der Waals surface area contributed by atoms with Crippen molar-refractivity contribution in [1.82, 2.24) is 0 Å².